The van der Waals surface area contributed by atoms with Crippen molar-refractivity contribution in [3.8, 4) is 0 Å². The molecule has 0 aromatic heterocycles. The number of rotatable bonds is 7. The maximum absolute atomic E-state index is 3.72. The molecule has 0 unspecified atom stereocenters. The van der Waals surface area contributed by atoms with Crippen molar-refractivity contribution in [3.63, 3.8) is 0 Å². The van der Waals surface area contributed by atoms with E-state index in [1.807, 2.05) is 24.3 Å². The van der Waals surface area contributed by atoms with Crippen LogP contribution in [-0.4, -0.2) is 0 Å². The third kappa shape index (κ3) is 15.8. The van der Waals surface area contributed by atoms with Gasteiger partial charge < -0.3 is 14.9 Å². The second-order valence-corrected chi connectivity index (χ2v) is 4.60. The zero-order valence-corrected chi connectivity index (χ0v) is 17.4. The van der Waals surface area contributed by atoms with E-state index in [1.165, 1.54) is 44.1 Å². The molecule has 114 valence electrons. The van der Waals surface area contributed by atoms with Crippen LogP contribution in [0.3, 0.4) is 0 Å². The Morgan fingerprint density at radius 1 is 1.10 bits per heavy atom. The van der Waals surface area contributed by atoms with Crippen molar-refractivity contribution in [2.45, 2.75) is 51.4 Å². The van der Waals surface area contributed by atoms with Crippen LogP contribution in [0.1, 0.15) is 51.4 Å². The van der Waals surface area contributed by atoms with Gasteiger partial charge in [-0.25, -0.2) is 24.3 Å². The van der Waals surface area contributed by atoms with Crippen molar-refractivity contribution >= 4 is 0 Å². The maximum Gasteiger partial charge on any atom is 4.00 e. The van der Waals surface area contributed by atoms with E-state index in [0.29, 0.717) is 0 Å². The molecule has 0 saturated carbocycles. The van der Waals surface area contributed by atoms with E-state index in [9.17, 15) is 0 Å². The maximum atomic E-state index is 3.72. The molecule has 0 fully saturated rings. The van der Waals surface area contributed by atoms with E-state index in [4.69, 9.17) is 0 Å². The van der Waals surface area contributed by atoms with Crippen LogP contribution in [0.15, 0.2) is 48.6 Å². The molecule has 2 aliphatic rings. The van der Waals surface area contributed by atoms with Crippen molar-refractivity contribution in [1.29, 1.82) is 0 Å². The van der Waals surface area contributed by atoms with Gasteiger partial charge in [-0.15, -0.1) is 13.0 Å². The van der Waals surface area contributed by atoms with Crippen LogP contribution in [0, 0.1) is 27.0 Å². The molecule has 2 rings (SSSR count). The fraction of sp³-hybridized carbons (Fsp3) is 0.400. The fourth-order valence-electron chi connectivity index (χ4n) is 1.93. The summed E-state index contributed by atoms with van der Waals surface area (Å²) >= 11 is 0. The molecule has 0 aromatic rings. The quantitative estimate of drug-likeness (QED) is 0.183. The molecule has 21 heavy (non-hydrogen) atoms. The van der Waals surface area contributed by atoms with Gasteiger partial charge in [0.2, 0.25) is 0 Å². The first-order valence-corrected chi connectivity index (χ1v) is 7.02. The molecule has 0 spiro atoms. The number of unbranched alkanes of at least 4 members (excludes halogenated alkanes) is 4. The normalized spacial score (nSPS) is 13.2. The molecule has 0 heterocycles. The van der Waals surface area contributed by atoms with Crippen LogP contribution in [0.4, 0.5) is 0 Å². The fourth-order valence-corrected chi connectivity index (χ4v) is 1.93. The van der Waals surface area contributed by atoms with Gasteiger partial charge in [-0.3, -0.25) is 12.2 Å². The molecule has 1 heteroatoms. The van der Waals surface area contributed by atoms with Crippen molar-refractivity contribution < 1.29 is 25.8 Å². The van der Waals surface area contributed by atoms with Crippen LogP contribution >= 0.6 is 0 Å². The third-order valence-electron chi connectivity index (χ3n) is 2.99. The summed E-state index contributed by atoms with van der Waals surface area (Å²) in [6.07, 6.45) is 28.5. The van der Waals surface area contributed by atoms with Crippen molar-refractivity contribution in [2.75, 3.05) is 0 Å². The summed E-state index contributed by atoms with van der Waals surface area (Å²) in [6.45, 7) is 3.72. The molecule has 0 N–H and O–H groups in total. The van der Waals surface area contributed by atoms with Crippen LogP contribution in [0.25, 0.3) is 0 Å². The second-order valence-electron chi connectivity index (χ2n) is 4.60. The van der Waals surface area contributed by atoms with Gasteiger partial charge in [0.05, 0.1) is 0 Å². The molecular weight excluding hydrogens is 419 g/mol. The smallest absolute Gasteiger partial charge is 0.358 e. The van der Waals surface area contributed by atoms with Crippen LogP contribution < -0.4 is 0 Å². The van der Waals surface area contributed by atoms with Crippen LogP contribution in [-0.2, 0) is 25.8 Å². The van der Waals surface area contributed by atoms with Gasteiger partial charge in [0.15, 0.2) is 0 Å². The SMILES string of the molecule is C=CCCCCCCC1=[C-]C=CC1.[C-]1=CC=CC1.[CH3-].[CH3-].[Hf+4]. The Labute approximate surface area is 152 Å². The molecule has 0 radical (unpaired) electrons. The van der Waals surface area contributed by atoms with Crippen LogP contribution in [0.5, 0.6) is 0 Å². The molecule has 0 saturated heterocycles. The summed E-state index contributed by atoms with van der Waals surface area (Å²) in [5.74, 6) is 0. The molecule has 0 aliphatic heterocycles. The van der Waals surface area contributed by atoms with Gasteiger partial charge in [0.25, 0.3) is 0 Å². The Kier molecular flexibility index (Phi) is 23.8. The summed E-state index contributed by atoms with van der Waals surface area (Å²) in [5.41, 5.74) is 1.49. The van der Waals surface area contributed by atoms with Gasteiger partial charge in [0, 0.05) is 0 Å². The van der Waals surface area contributed by atoms with Crippen molar-refractivity contribution in [2.24, 2.45) is 0 Å². The van der Waals surface area contributed by atoms with E-state index in [2.05, 4.69) is 30.9 Å². The summed E-state index contributed by atoms with van der Waals surface area (Å²) in [5, 5.41) is 0. The molecule has 0 atom stereocenters. The van der Waals surface area contributed by atoms with E-state index in [1.54, 1.807) is 0 Å². The van der Waals surface area contributed by atoms with Gasteiger partial charge in [0.1, 0.15) is 0 Å². The predicted molar refractivity (Wildman–Crippen MR) is 92.8 cm³/mol. The minimum Gasteiger partial charge on any atom is -0.358 e. The Bertz CT molecular complexity index is 322. The van der Waals surface area contributed by atoms with Crippen LogP contribution in [0.2, 0.25) is 0 Å². The van der Waals surface area contributed by atoms with E-state index < -0.39 is 0 Å². The van der Waals surface area contributed by atoms with E-state index >= 15 is 0 Å². The number of hydrogen-bond donors (Lipinski definition) is 0. The molecule has 0 nitrogen and oxygen atoms in total. The summed E-state index contributed by atoms with van der Waals surface area (Å²) in [7, 11) is 0. The standard InChI is InChI=1S/C13H19.C5H5.2CH3.Hf/c1-2-3-4-5-6-7-10-13-11-8-9-12-13;1-2-4-5-3-1;;;/h2,8-9H,1,3-7,10-11H2;1-3H,4H2;2*1H3;/q4*-1;+4. The topological polar surface area (TPSA) is 0 Å². The molecule has 2 aliphatic carbocycles. The van der Waals surface area contributed by atoms with E-state index in [0.717, 1.165) is 12.8 Å². The summed E-state index contributed by atoms with van der Waals surface area (Å²) in [6, 6.07) is 0. The molecular formula is C20H30Hf. The Morgan fingerprint density at radius 3 is 2.33 bits per heavy atom. The number of hydrogen-bond acceptors (Lipinski definition) is 0. The van der Waals surface area contributed by atoms with Crippen molar-refractivity contribution in [1.82, 2.24) is 0 Å². The Balaban J connectivity index is -0.000000349. The first kappa shape index (κ1) is 25.5. The summed E-state index contributed by atoms with van der Waals surface area (Å²) in [4.78, 5) is 0. The minimum atomic E-state index is 0. The average Bonchev–Trinajstić information content (AvgIpc) is 3.07. The van der Waals surface area contributed by atoms with Gasteiger partial charge in [-0.1, -0.05) is 38.2 Å². The average molecular weight is 449 g/mol. The summed E-state index contributed by atoms with van der Waals surface area (Å²) < 4.78 is 0. The minimum absolute atomic E-state index is 0. The van der Waals surface area contributed by atoms with Gasteiger partial charge in [-0.05, 0) is 12.8 Å². The first-order chi connectivity index (χ1) is 8.93. The molecule has 0 aromatic carbocycles. The predicted octanol–water partition coefficient (Wildman–Crippen LogP) is 6.41. The first-order valence-electron chi connectivity index (χ1n) is 7.02. The third-order valence-corrected chi connectivity index (χ3v) is 2.99. The molecule has 0 bridgehead atoms. The second kappa shape index (κ2) is 19.6. The largest absolute Gasteiger partial charge is 4.00 e. The zero-order valence-electron chi connectivity index (χ0n) is 13.8. The zero-order chi connectivity index (χ0) is 12.9. The Hall–Kier alpha value is -0.430. The molecule has 0 amide bonds. The Morgan fingerprint density at radius 2 is 1.86 bits per heavy atom. The number of allylic oxidation sites excluding steroid dienone is 9. The van der Waals surface area contributed by atoms with Crippen molar-refractivity contribution in [3.05, 3.63) is 75.6 Å². The van der Waals surface area contributed by atoms with Gasteiger partial charge >= 0.3 is 25.8 Å². The van der Waals surface area contributed by atoms with Gasteiger partial charge in [-0.2, -0.15) is 11.6 Å². The monoisotopic (exact) mass is 450 g/mol. The van der Waals surface area contributed by atoms with E-state index in [-0.39, 0.29) is 40.7 Å².